The molecule has 2 aliphatic carbocycles. The van der Waals surface area contributed by atoms with Gasteiger partial charge in [-0.2, -0.15) is 0 Å². The number of fused-ring (bicyclic) bond motifs is 3. The Balaban J connectivity index is 1.29. The van der Waals surface area contributed by atoms with Crippen LogP contribution in [0.3, 0.4) is 0 Å². The van der Waals surface area contributed by atoms with Crippen LogP contribution in [0, 0.1) is 23.7 Å². The van der Waals surface area contributed by atoms with Crippen molar-refractivity contribution < 1.29 is 49.0 Å². The molecule has 0 amide bonds. The molecule has 212 valence electrons. The molecular formula is C29H36O10. The van der Waals surface area contributed by atoms with E-state index in [0.717, 1.165) is 18.4 Å². The van der Waals surface area contributed by atoms with E-state index in [4.69, 9.17) is 18.9 Å². The highest BCUT2D eigenvalue weighted by molar-refractivity contribution is 5.90. The smallest absolute Gasteiger partial charge is 0.334 e. The standard InChI is InChI=1S/C29H36O10/c1-13-4-9-18-14(2)28(35)39-26(18)23-15(3)20(11-19(13)23)36-29-25(34)27(24(33)21(12-30)37-29)38-22(32)10-16-5-7-17(31)8-6-16/h5-8,15,18-21,23-27,29-31,33-34H,1-2,4,9-12H2,3H3. The quantitative estimate of drug-likeness (QED) is 0.235. The molecule has 2 saturated heterocycles. The number of phenols is 1. The third-order valence-electron chi connectivity index (χ3n) is 8.86. The van der Waals surface area contributed by atoms with Gasteiger partial charge in [-0.1, -0.05) is 37.8 Å². The molecule has 10 heteroatoms. The van der Waals surface area contributed by atoms with E-state index in [1.165, 1.54) is 12.1 Å². The number of hydrogen-bond acceptors (Lipinski definition) is 10. The highest BCUT2D eigenvalue weighted by atomic mass is 16.7. The fourth-order valence-corrected chi connectivity index (χ4v) is 6.68. The fraction of sp³-hybridized carbons (Fsp3) is 0.586. The number of ether oxygens (including phenoxy) is 4. The molecule has 4 N–H and O–H groups in total. The highest BCUT2D eigenvalue weighted by Crippen LogP contribution is 2.53. The molecule has 2 saturated carbocycles. The number of phenolic OH excluding ortho intramolecular Hbond substituents is 1. The van der Waals surface area contributed by atoms with Gasteiger partial charge in [-0.05, 0) is 48.8 Å². The summed E-state index contributed by atoms with van der Waals surface area (Å²) in [6.07, 6.45) is -5.63. The molecule has 2 heterocycles. The maximum absolute atomic E-state index is 12.6. The second-order valence-corrected chi connectivity index (χ2v) is 11.2. The van der Waals surface area contributed by atoms with Crippen LogP contribution in [-0.4, -0.2) is 81.9 Å². The molecule has 1 aromatic carbocycles. The van der Waals surface area contributed by atoms with Gasteiger partial charge in [0, 0.05) is 17.4 Å². The molecule has 1 aromatic rings. The van der Waals surface area contributed by atoms with Crippen LogP contribution in [-0.2, 0) is 35.0 Å². The SMILES string of the molecule is C=C1C(=O)OC2C1CCC(=C)C1CC(OC3OC(CO)C(O)C(OC(=O)Cc4ccc(O)cc4)C3O)C(C)C12. The van der Waals surface area contributed by atoms with Crippen molar-refractivity contribution in [2.75, 3.05) is 6.61 Å². The van der Waals surface area contributed by atoms with Gasteiger partial charge in [0.2, 0.25) is 0 Å². The second-order valence-electron chi connectivity index (χ2n) is 11.2. The van der Waals surface area contributed by atoms with E-state index < -0.39 is 49.4 Å². The summed E-state index contributed by atoms with van der Waals surface area (Å²) in [5.41, 5.74) is 2.13. The molecule has 11 unspecified atom stereocenters. The topological polar surface area (TPSA) is 152 Å². The maximum Gasteiger partial charge on any atom is 0.334 e. The van der Waals surface area contributed by atoms with Crippen LogP contribution in [0.4, 0.5) is 0 Å². The van der Waals surface area contributed by atoms with Crippen molar-refractivity contribution in [2.24, 2.45) is 23.7 Å². The summed E-state index contributed by atoms with van der Waals surface area (Å²) in [4.78, 5) is 24.9. The normalized spacial score (nSPS) is 40.0. The van der Waals surface area contributed by atoms with Crippen LogP contribution in [0.5, 0.6) is 5.75 Å². The van der Waals surface area contributed by atoms with Crippen LogP contribution in [0.2, 0.25) is 0 Å². The summed E-state index contributed by atoms with van der Waals surface area (Å²) in [5, 5.41) is 41.0. The van der Waals surface area contributed by atoms with Crippen molar-refractivity contribution in [3.8, 4) is 5.75 Å². The lowest BCUT2D eigenvalue weighted by molar-refractivity contribution is -0.315. The van der Waals surface area contributed by atoms with Gasteiger partial charge in [-0.3, -0.25) is 4.79 Å². The van der Waals surface area contributed by atoms with E-state index in [1.54, 1.807) is 12.1 Å². The summed E-state index contributed by atoms with van der Waals surface area (Å²) in [6, 6.07) is 6.00. The molecule has 4 aliphatic rings. The predicted molar refractivity (Wildman–Crippen MR) is 136 cm³/mol. The first-order valence-electron chi connectivity index (χ1n) is 13.4. The number of rotatable bonds is 6. The summed E-state index contributed by atoms with van der Waals surface area (Å²) in [5.74, 6) is -1.19. The minimum Gasteiger partial charge on any atom is -0.508 e. The Hall–Kier alpha value is -2.76. The largest absolute Gasteiger partial charge is 0.508 e. The second kappa shape index (κ2) is 11.0. The third-order valence-corrected chi connectivity index (χ3v) is 8.86. The Morgan fingerprint density at radius 1 is 1.13 bits per heavy atom. The van der Waals surface area contributed by atoms with Crippen LogP contribution < -0.4 is 0 Å². The van der Waals surface area contributed by atoms with Crippen LogP contribution >= 0.6 is 0 Å². The molecule has 10 nitrogen and oxygen atoms in total. The lowest BCUT2D eigenvalue weighted by atomic mass is 9.79. The monoisotopic (exact) mass is 544 g/mol. The van der Waals surface area contributed by atoms with Crippen molar-refractivity contribution in [3.63, 3.8) is 0 Å². The summed E-state index contributed by atoms with van der Waals surface area (Å²) in [6.45, 7) is 9.66. The van der Waals surface area contributed by atoms with Gasteiger partial charge in [-0.25, -0.2) is 4.79 Å². The zero-order valence-corrected chi connectivity index (χ0v) is 21.8. The van der Waals surface area contributed by atoms with Crippen LogP contribution in [0.1, 0.15) is 31.7 Å². The van der Waals surface area contributed by atoms with Crippen molar-refractivity contribution in [2.45, 2.75) is 75.5 Å². The fourth-order valence-electron chi connectivity index (χ4n) is 6.68. The van der Waals surface area contributed by atoms with Crippen molar-refractivity contribution in [1.82, 2.24) is 0 Å². The molecule has 4 fully saturated rings. The number of esters is 2. The number of hydrogen-bond donors (Lipinski definition) is 4. The summed E-state index contributed by atoms with van der Waals surface area (Å²) >= 11 is 0. The van der Waals surface area contributed by atoms with Gasteiger partial charge in [-0.15, -0.1) is 0 Å². The number of aromatic hydroxyl groups is 1. The average molecular weight is 545 g/mol. The molecular weight excluding hydrogens is 508 g/mol. The number of benzene rings is 1. The maximum atomic E-state index is 12.6. The van der Waals surface area contributed by atoms with Gasteiger partial charge >= 0.3 is 11.9 Å². The lowest BCUT2D eigenvalue weighted by Gasteiger charge is -2.42. The van der Waals surface area contributed by atoms with Gasteiger partial charge < -0.3 is 39.4 Å². The molecule has 0 radical (unpaired) electrons. The first-order valence-corrected chi connectivity index (χ1v) is 13.4. The minimum absolute atomic E-state index is 0.0394. The van der Waals surface area contributed by atoms with Gasteiger partial charge in [0.1, 0.15) is 30.2 Å². The Morgan fingerprint density at radius 2 is 1.85 bits per heavy atom. The molecule has 5 rings (SSSR count). The Kier molecular flexibility index (Phi) is 7.85. The van der Waals surface area contributed by atoms with E-state index in [9.17, 15) is 30.0 Å². The van der Waals surface area contributed by atoms with Gasteiger partial charge in [0.15, 0.2) is 12.4 Å². The number of aliphatic hydroxyl groups excluding tert-OH is 3. The third kappa shape index (κ3) is 5.24. The summed E-state index contributed by atoms with van der Waals surface area (Å²) < 4.78 is 23.2. The summed E-state index contributed by atoms with van der Waals surface area (Å²) in [7, 11) is 0. The highest BCUT2D eigenvalue weighted by Gasteiger charge is 2.56. The number of aliphatic hydroxyl groups is 3. The average Bonchev–Trinajstić information content (AvgIpc) is 3.33. The van der Waals surface area contributed by atoms with E-state index in [2.05, 4.69) is 13.2 Å². The first kappa shape index (κ1) is 27.8. The molecule has 2 aliphatic heterocycles. The Bertz CT molecular complexity index is 1120. The zero-order valence-electron chi connectivity index (χ0n) is 21.8. The number of carbonyl (C=O) groups is 2. The van der Waals surface area contributed by atoms with Crippen molar-refractivity contribution >= 4 is 11.9 Å². The van der Waals surface area contributed by atoms with Crippen molar-refractivity contribution in [3.05, 3.63) is 54.1 Å². The van der Waals surface area contributed by atoms with E-state index in [0.29, 0.717) is 17.6 Å². The van der Waals surface area contributed by atoms with E-state index in [1.807, 2.05) is 6.92 Å². The van der Waals surface area contributed by atoms with Gasteiger partial charge in [0.25, 0.3) is 0 Å². The molecule has 0 bridgehead atoms. The Labute approximate surface area is 226 Å². The van der Waals surface area contributed by atoms with E-state index in [-0.39, 0.29) is 47.9 Å². The predicted octanol–water partition coefficient (Wildman–Crippen LogP) is 1.39. The first-order chi connectivity index (χ1) is 18.6. The zero-order chi connectivity index (χ0) is 28.0. The Morgan fingerprint density at radius 3 is 2.54 bits per heavy atom. The van der Waals surface area contributed by atoms with Gasteiger partial charge in [0.05, 0.1) is 19.1 Å². The van der Waals surface area contributed by atoms with Crippen LogP contribution in [0.15, 0.2) is 48.6 Å². The molecule has 0 spiro atoms. The lowest BCUT2D eigenvalue weighted by Crippen LogP contribution is -2.61. The minimum atomic E-state index is -1.52. The molecule has 11 atom stereocenters. The molecule has 0 aromatic heterocycles. The number of carbonyl (C=O) groups excluding carboxylic acids is 2. The number of allylic oxidation sites excluding steroid dienone is 1. The van der Waals surface area contributed by atoms with E-state index >= 15 is 0 Å². The van der Waals surface area contributed by atoms with Crippen LogP contribution in [0.25, 0.3) is 0 Å². The molecule has 39 heavy (non-hydrogen) atoms. The van der Waals surface area contributed by atoms with Crippen molar-refractivity contribution in [1.29, 1.82) is 0 Å².